The SMILES string of the molecule is COc1cccc(CN(C[C@@H]2CC(c3ccccc3F)=NO2)C(=O)c2cccc(F)c2)c1. The molecule has 1 aliphatic rings. The van der Waals surface area contributed by atoms with Gasteiger partial charge in [0.2, 0.25) is 0 Å². The second-order valence-electron chi connectivity index (χ2n) is 7.50. The predicted octanol–water partition coefficient (Wildman–Crippen LogP) is 4.81. The number of carbonyl (C=O) groups is 1. The van der Waals surface area contributed by atoms with Gasteiger partial charge in [-0.3, -0.25) is 4.79 Å². The van der Waals surface area contributed by atoms with Gasteiger partial charge in [0.05, 0.1) is 19.4 Å². The van der Waals surface area contributed by atoms with E-state index in [9.17, 15) is 13.6 Å². The van der Waals surface area contributed by atoms with Crippen molar-refractivity contribution < 1.29 is 23.1 Å². The quantitative estimate of drug-likeness (QED) is 0.534. The Labute approximate surface area is 184 Å². The van der Waals surface area contributed by atoms with Crippen LogP contribution in [0.15, 0.2) is 78.0 Å². The lowest BCUT2D eigenvalue weighted by atomic mass is 10.0. The molecule has 32 heavy (non-hydrogen) atoms. The summed E-state index contributed by atoms with van der Waals surface area (Å²) in [5, 5.41) is 4.04. The van der Waals surface area contributed by atoms with Gasteiger partial charge in [0.25, 0.3) is 5.91 Å². The first-order chi connectivity index (χ1) is 15.5. The standard InChI is InChI=1S/C25H22F2N2O3/c1-31-20-9-4-6-17(12-20)15-29(25(30)18-7-5-8-19(26)13-18)16-21-14-24(28-32-21)22-10-2-3-11-23(22)27/h2-13,21H,14-16H2,1H3/t21-/m0/s1. The largest absolute Gasteiger partial charge is 0.497 e. The number of hydrogen-bond acceptors (Lipinski definition) is 4. The third kappa shape index (κ3) is 4.94. The molecule has 1 heterocycles. The van der Waals surface area contributed by atoms with E-state index < -0.39 is 11.9 Å². The minimum atomic E-state index is -0.487. The molecule has 7 heteroatoms. The van der Waals surface area contributed by atoms with Crippen molar-refractivity contribution in [3.63, 3.8) is 0 Å². The van der Waals surface area contributed by atoms with Crippen molar-refractivity contribution in [3.05, 3.63) is 101 Å². The summed E-state index contributed by atoms with van der Waals surface area (Å²) in [5.41, 5.74) is 1.96. The Bertz CT molecular complexity index is 1150. The minimum absolute atomic E-state index is 0.202. The van der Waals surface area contributed by atoms with E-state index in [1.165, 1.54) is 24.3 Å². The molecule has 0 radical (unpaired) electrons. The minimum Gasteiger partial charge on any atom is -0.497 e. The topological polar surface area (TPSA) is 51.1 Å². The second-order valence-corrected chi connectivity index (χ2v) is 7.50. The molecule has 0 bridgehead atoms. The normalized spacial score (nSPS) is 15.1. The van der Waals surface area contributed by atoms with Crippen LogP contribution in [0, 0.1) is 11.6 Å². The molecular weight excluding hydrogens is 414 g/mol. The van der Waals surface area contributed by atoms with Gasteiger partial charge in [-0.05, 0) is 42.0 Å². The van der Waals surface area contributed by atoms with Crippen LogP contribution in [0.25, 0.3) is 0 Å². The average molecular weight is 436 g/mol. The Kier molecular flexibility index (Phi) is 6.44. The first-order valence-electron chi connectivity index (χ1n) is 10.2. The van der Waals surface area contributed by atoms with Crippen molar-refractivity contribution in [3.8, 4) is 5.75 Å². The lowest BCUT2D eigenvalue weighted by Gasteiger charge is -2.25. The smallest absolute Gasteiger partial charge is 0.254 e. The Morgan fingerprint density at radius 2 is 1.91 bits per heavy atom. The maximum Gasteiger partial charge on any atom is 0.254 e. The lowest BCUT2D eigenvalue weighted by Crippen LogP contribution is -2.37. The monoisotopic (exact) mass is 436 g/mol. The van der Waals surface area contributed by atoms with Crippen molar-refractivity contribution >= 4 is 11.6 Å². The fourth-order valence-electron chi connectivity index (χ4n) is 3.64. The first-order valence-corrected chi connectivity index (χ1v) is 10.2. The summed E-state index contributed by atoms with van der Waals surface area (Å²) >= 11 is 0. The highest BCUT2D eigenvalue weighted by atomic mass is 19.1. The Balaban J connectivity index is 1.54. The summed E-state index contributed by atoms with van der Waals surface area (Å²) in [6.07, 6.45) is -0.0980. The summed E-state index contributed by atoms with van der Waals surface area (Å²) in [5.74, 6) is -0.530. The summed E-state index contributed by atoms with van der Waals surface area (Å²) in [7, 11) is 1.57. The highest BCUT2D eigenvalue weighted by molar-refractivity contribution is 6.01. The van der Waals surface area contributed by atoms with E-state index in [4.69, 9.17) is 9.57 Å². The molecule has 3 aromatic carbocycles. The number of oxime groups is 1. The van der Waals surface area contributed by atoms with Crippen molar-refractivity contribution in [2.24, 2.45) is 5.16 Å². The second kappa shape index (κ2) is 9.60. The predicted molar refractivity (Wildman–Crippen MR) is 117 cm³/mol. The molecule has 1 atom stereocenters. The number of amides is 1. The van der Waals surface area contributed by atoms with Gasteiger partial charge in [-0.25, -0.2) is 8.78 Å². The van der Waals surface area contributed by atoms with E-state index in [0.717, 1.165) is 5.56 Å². The Hall–Kier alpha value is -3.74. The molecule has 0 spiro atoms. The Morgan fingerprint density at radius 3 is 2.69 bits per heavy atom. The number of hydrogen-bond donors (Lipinski definition) is 0. The van der Waals surface area contributed by atoms with Crippen LogP contribution >= 0.6 is 0 Å². The van der Waals surface area contributed by atoms with Crippen molar-refractivity contribution in [1.29, 1.82) is 0 Å². The van der Waals surface area contributed by atoms with Crippen LogP contribution in [0.5, 0.6) is 5.75 Å². The molecule has 3 aromatic rings. The number of halogens is 2. The molecular formula is C25H22F2N2O3. The van der Waals surface area contributed by atoms with Crippen molar-refractivity contribution in [2.75, 3.05) is 13.7 Å². The van der Waals surface area contributed by atoms with Gasteiger partial charge in [-0.15, -0.1) is 0 Å². The summed E-state index contributed by atoms with van der Waals surface area (Å²) in [4.78, 5) is 20.3. The van der Waals surface area contributed by atoms with E-state index in [0.29, 0.717) is 23.4 Å². The van der Waals surface area contributed by atoms with E-state index in [-0.39, 0.29) is 30.4 Å². The van der Waals surface area contributed by atoms with Gasteiger partial charge in [-0.1, -0.05) is 41.6 Å². The van der Waals surface area contributed by atoms with E-state index in [1.54, 1.807) is 36.3 Å². The fraction of sp³-hybridized carbons (Fsp3) is 0.200. The van der Waals surface area contributed by atoms with Crippen LogP contribution in [0.3, 0.4) is 0 Å². The zero-order chi connectivity index (χ0) is 22.5. The van der Waals surface area contributed by atoms with Gasteiger partial charge >= 0.3 is 0 Å². The third-order valence-electron chi connectivity index (χ3n) is 5.21. The van der Waals surface area contributed by atoms with Crippen LogP contribution in [-0.4, -0.2) is 36.3 Å². The van der Waals surface area contributed by atoms with Crippen molar-refractivity contribution in [2.45, 2.75) is 19.1 Å². The van der Waals surface area contributed by atoms with Gasteiger partial charge < -0.3 is 14.5 Å². The fourth-order valence-corrected chi connectivity index (χ4v) is 3.64. The first kappa shape index (κ1) is 21.5. The molecule has 0 fully saturated rings. The molecule has 164 valence electrons. The molecule has 4 rings (SSSR count). The van der Waals surface area contributed by atoms with Gasteiger partial charge in [0.15, 0.2) is 6.10 Å². The molecule has 5 nitrogen and oxygen atoms in total. The molecule has 1 aliphatic heterocycles. The average Bonchev–Trinajstić information content (AvgIpc) is 3.27. The maximum atomic E-state index is 14.1. The maximum absolute atomic E-state index is 14.1. The zero-order valence-corrected chi connectivity index (χ0v) is 17.5. The van der Waals surface area contributed by atoms with Crippen LogP contribution in [0.4, 0.5) is 8.78 Å². The Morgan fingerprint density at radius 1 is 1.09 bits per heavy atom. The van der Waals surface area contributed by atoms with Gasteiger partial charge in [0, 0.05) is 24.1 Å². The number of methoxy groups -OCH3 is 1. The molecule has 0 saturated carbocycles. The highest BCUT2D eigenvalue weighted by Gasteiger charge is 2.28. The molecule has 0 aliphatic carbocycles. The summed E-state index contributed by atoms with van der Waals surface area (Å²) in [6.45, 7) is 0.468. The van der Waals surface area contributed by atoms with Gasteiger partial charge in [0.1, 0.15) is 17.4 Å². The van der Waals surface area contributed by atoms with Crippen LogP contribution in [0.1, 0.15) is 27.9 Å². The van der Waals surface area contributed by atoms with Crippen LogP contribution in [0.2, 0.25) is 0 Å². The van der Waals surface area contributed by atoms with E-state index in [2.05, 4.69) is 5.16 Å². The number of ether oxygens (including phenoxy) is 1. The van der Waals surface area contributed by atoms with E-state index in [1.807, 2.05) is 24.3 Å². The van der Waals surface area contributed by atoms with Gasteiger partial charge in [-0.2, -0.15) is 0 Å². The lowest BCUT2D eigenvalue weighted by molar-refractivity contribution is 0.0405. The summed E-state index contributed by atoms with van der Waals surface area (Å²) in [6, 6.07) is 19.3. The third-order valence-corrected chi connectivity index (χ3v) is 5.21. The van der Waals surface area contributed by atoms with E-state index >= 15 is 0 Å². The molecule has 0 unspecified atom stereocenters. The number of carbonyl (C=O) groups excluding carboxylic acids is 1. The molecule has 0 aromatic heterocycles. The van der Waals surface area contributed by atoms with Crippen LogP contribution < -0.4 is 4.74 Å². The highest BCUT2D eigenvalue weighted by Crippen LogP contribution is 2.22. The van der Waals surface area contributed by atoms with Crippen molar-refractivity contribution in [1.82, 2.24) is 4.90 Å². The van der Waals surface area contributed by atoms with Crippen LogP contribution in [-0.2, 0) is 11.4 Å². The summed E-state index contributed by atoms with van der Waals surface area (Å²) < 4.78 is 33.1. The molecule has 1 amide bonds. The molecule has 0 N–H and O–H groups in total. The zero-order valence-electron chi connectivity index (χ0n) is 17.5. The number of rotatable bonds is 7. The molecule has 0 saturated heterocycles. The number of benzene rings is 3. The number of nitrogens with zero attached hydrogens (tertiary/aromatic N) is 2.